The molecule has 0 fully saturated rings. The first-order valence-electron chi connectivity index (χ1n) is 10.6. The fourth-order valence-corrected chi connectivity index (χ4v) is 5.05. The van der Waals surface area contributed by atoms with Gasteiger partial charge in [-0.3, -0.25) is 10.2 Å². The van der Waals surface area contributed by atoms with E-state index >= 15 is 0 Å². The van der Waals surface area contributed by atoms with E-state index in [1.165, 1.54) is 22.3 Å². The smallest absolute Gasteiger partial charge is 0.283 e. The molecule has 1 aromatic carbocycles. The lowest BCUT2D eigenvalue weighted by atomic mass is 10.1. The van der Waals surface area contributed by atoms with Gasteiger partial charge in [0.1, 0.15) is 5.04 Å². The Morgan fingerprint density at radius 3 is 2.68 bits per heavy atom. The van der Waals surface area contributed by atoms with E-state index < -0.39 is 0 Å². The number of thioether (sulfide) groups is 1. The quantitative estimate of drug-likeness (QED) is 0.648. The summed E-state index contributed by atoms with van der Waals surface area (Å²) in [6.07, 6.45) is 3.52. The summed E-state index contributed by atoms with van der Waals surface area (Å²) in [7, 11) is 0. The van der Waals surface area contributed by atoms with Gasteiger partial charge in [0.25, 0.3) is 5.91 Å². The first-order chi connectivity index (χ1) is 14.8. The number of carbonyl (C=O) groups excluding carboxylic acids is 1. The van der Waals surface area contributed by atoms with Crippen LogP contribution in [0.3, 0.4) is 0 Å². The predicted molar refractivity (Wildman–Crippen MR) is 129 cm³/mol. The third kappa shape index (κ3) is 3.90. The van der Waals surface area contributed by atoms with Crippen molar-refractivity contribution in [3.05, 3.63) is 58.4 Å². The highest BCUT2D eigenvalue weighted by Gasteiger charge is 2.35. The van der Waals surface area contributed by atoms with Gasteiger partial charge < -0.3 is 4.57 Å². The van der Waals surface area contributed by atoms with Crippen molar-refractivity contribution in [2.24, 2.45) is 16.0 Å². The van der Waals surface area contributed by atoms with E-state index in [0.717, 1.165) is 40.5 Å². The molecule has 31 heavy (non-hydrogen) atoms. The zero-order chi connectivity index (χ0) is 22.3. The Morgan fingerprint density at radius 2 is 1.97 bits per heavy atom. The maximum atomic E-state index is 12.8. The number of hydrogen-bond donors (Lipinski definition) is 1. The molecule has 1 N–H and O–H groups in total. The highest BCUT2D eigenvalue weighted by atomic mass is 32.2. The summed E-state index contributed by atoms with van der Waals surface area (Å²) in [4.78, 5) is 17.0. The number of rotatable bonds is 5. The molecule has 0 unspecified atom stereocenters. The zero-order valence-electron chi connectivity index (χ0n) is 18.6. The minimum absolute atomic E-state index is 0.0833. The number of nitrogens with zero attached hydrogens (tertiary/aromatic N) is 4. The van der Waals surface area contributed by atoms with Crippen molar-refractivity contribution in [1.29, 1.82) is 5.41 Å². The molecule has 0 saturated heterocycles. The number of carbonyl (C=O) groups is 1. The Hall–Kier alpha value is -2.93. The Bertz CT molecular complexity index is 1170. The van der Waals surface area contributed by atoms with Crippen molar-refractivity contribution < 1.29 is 4.79 Å². The molecular weight excluding hydrogens is 406 g/mol. The van der Waals surface area contributed by atoms with Crippen molar-refractivity contribution in [3.8, 4) is 5.69 Å². The molecular formula is C24H27N5OS. The molecule has 160 valence electrons. The molecule has 0 aliphatic carbocycles. The van der Waals surface area contributed by atoms with E-state index in [9.17, 15) is 4.79 Å². The molecule has 0 spiro atoms. The molecule has 7 heteroatoms. The van der Waals surface area contributed by atoms with E-state index in [1.54, 1.807) is 6.08 Å². The predicted octanol–water partition coefficient (Wildman–Crippen LogP) is 5.32. The number of aromatic nitrogens is 1. The summed E-state index contributed by atoms with van der Waals surface area (Å²) in [5, 5.41) is 16.0. The Kier molecular flexibility index (Phi) is 5.71. The topological polar surface area (TPSA) is 73.8 Å². The van der Waals surface area contributed by atoms with Crippen molar-refractivity contribution in [1.82, 2.24) is 9.58 Å². The summed E-state index contributed by atoms with van der Waals surface area (Å²) < 4.78 is 2.21. The number of para-hydroxylation sites is 1. The van der Waals surface area contributed by atoms with Gasteiger partial charge in [-0.05, 0) is 67.3 Å². The molecule has 2 aliphatic rings. The molecule has 0 saturated carbocycles. The first-order valence-corrected chi connectivity index (χ1v) is 11.4. The SMILES string of the molecule is CCc1ccccc1-n1c(C)cc(C=C2C(=N)N3N=C(CC(C)C)SC3=NC2=O)c1C. The molecule has 3 heterocycles. The van der Waals surface area contributed by atoms with Gasteiger partial charge in [-0.1, -0.05) is 39.0 Å². The third-order valence-electron chi connectivity index (χ3n) is 5.46. The average molecular weight is 434 g/mol. The van der Waals surface area contributed by atoms with Gasteiger partial charge in [0.05, 0.1) is 5.57 Å². The molecule has 2 aliphatic heterocycles. The van der Waals surface area contributed by atoms with E-state index in [2.05, 4.69) is 66.6 Å². The van der Waals surface area contributed by atoms with Crippen LogP contribution >= 0.6 is 11.8 Å². The van der Waals surface area contributed by atoms with E-state index in [1.807, 2.05) is 13.0 Å². The number of amidine groups is 2. The average Bonchev–Trinajstić information content (AvgIpc) is 3.24. The lowest BCUT2D eigenvalue weighted by molar-refractivity contribution is -0.114. The number of amides is 1. The van der Waals surface area contributed by atoms with Crippen LogP contribution < -0.4 is 0 Å². The molecule has 2 aromatic rings. The lowest BCUT2D eigenvalue weighted by Crippen LogP contribution is -2.35. The van der Waals surface area contributed by atoms with E-state index in [-0.39, 0.29) is 17.3 Å². The second kappa shape index (κ2) is 8.30. The second-order valence-corrected chi connectivity index (χ2v) is 9.30. The van der Waals surface area contributed by atoms with Crippen LogP contribution in [0.4, 0.5) is 0 Å². The maximum absolute atomic E-state index is 12.8. The molecule has 1 amide bonds. The monoisotopic (exact) mass is 433 g/mol. The van der Waals surface area contributed by atoms with Gasteiger partial charge in [-0.2, -0.15) is 15.1 Å². The van der Waals surface area contributed by atoms with Crippen LogP contribution in [0.15, 0.2) is 46.0 Å². The normalized spacial score (nSPS) is 17.5. The summed E-state index contributed by atoms with van der Waals surface area (Å²) >= 11 is 1.38. The summed E-state index contributed by atoms with van der Waals surface area (Å²) in [6, 6.07) is 10.4. The van der Waals surface area contributed by atoms with Gasteiger partial charge in [-0.25, -0.2) is 0 Å². The minimum atomic E-state index is -0.386. The first kappa shape index (κ1) is 21.3. The van der Waals surface area contributed by atoms with Gasteiger partial charge >= 0.3 is 0 Å². The Balaban J connectivity index is 1.73. The van der Waals surface area contributed by atoms with Crippen molar-refractivity contribution in [2.45, 2.75) is 47.5 Å². The highest BCUT2D eigenvalue weighted by Crippen LogP contribution is 2.31. The fraction of sp³-hybridized carbons (Fsp3) is 0.333. The lowest BCUT2D eigenvalue weighted by Gasteiger charge is -2.20. The number of aryl methyl sites for hydroxylation is 2. The van der Waals surface area contributed by atoms with Gasteiger partial charge in [0, 0.05) is 23.5 Å². The van der Waals surface area contributed by atoms with Crippen LogP contribution in [-0.2, 0) is 11.2 Å². The van der Waals surface area contributed by atoms with E-state index in [0.29, 0.717) is 11.1 Å². The minimum Gasteiger partial charge on any atom is -0.318 e. The summed E-state index contributed by atoms with van der Waals surface area (Å²) in [6.45, 7) is 10.5. The number of hydrogen-bond acceptors (Lipinski definition) is 4. The zero-order valence-corrected chi connectivity index (χ0v) is 19.4. The van der Waals surface area contributed by atoms with Gasteiger partial charge in [-0.15, -0.1) is 0 Å². The Morgan fingerprint density at radius 1 is 1.23 bits per heavy atom. The van der Waals surface area contributed by atoms with Gasteiger partial charge in [0.15, 0.2) is 5.84 Å². The number of fused-ring (bicyclic) bond motifs is 1. The molecule has 0 bridgehead atoms. The number of hydrazone groups is 1. The number of nitrogens with one attached hydrogen (secondary N) is 1. The van der Waals surface area contributed by atoms with Crippen molar-refractivity contribution >= 4 is 39.8 Å². The highest BCUT2D eigenvalue weighted by molar-refractivity contribution is 8.26. The molecule has 0 atom stereocenters. The van der Waals surface area contributed by atoms with E-state index in [4.69, 9.17) is 5.41 Å². The largest absolute Gasteiger partial charge is 0.318 e. The molecule has 6 nitrogen and oxygen atoms in total. The summed E-state index contributed by atoms with van der Waals surface area (Å²) in [5.74, 6) is 0.146. The number of benzene rings is 1. The van der Waals surface area contributed by atoms with Crippen LogP contribution in [0.25, 0.3) is 11.8 Å². The van der Waals surface area contributed by atoms with Gasteiger partial charge in [0.2, 0.25) is 5.17 Å². The fourth-order valence-electron chi connectivity index (χ4n) is 3.95. The van der Waals surface area contributed by atoms with Crippen LogP contribution in [0.1, 0.15) is 49.7 Å². The molecule has 4 rings (SSSR count). The van der Waals surface area contributed by atoms with Crippen molar-refractivity contribution in [3.63, 3.8) is 0 Å². The van der Waals surface area contributed by atoms with Crippen LogP contribution in [0, 0.1) is 25.2 Å². The third-order valence-corrected chi connectivity index (χ3v) is 6.39. The molecule has 0 radical (unpaired) electrons. The van der Waals surface area contributed by atoms with Crippen LogP contribution in [0.2, 0.25) is 0 Å². The molecule has 1 aromatic heterocycles. The van der Waals surface area contributed by atoms with Crippen molar-refractivity contribution in [2.75, 3.05) is 0 Å². The number of aliphatic imine (C=N–C) groups is 1. The standard InChI is InChI=1S/C24H27N5OS/c1-6-17-9-7-8-10-20(17)28-15(4)12-18(16(28)5)13-19-22(25)29-24(26-23(19)30)31-21(27-29)11-14(2)3/h7-10,12-14,25H,6,11H2,1-5H3. The maximum Gasteiger partial charge on any atom is 0.283 e. The second-order valence-electron chi connectivity index (χ2n) is 8.26. The summed E-state index contributed by atoms with van der Waals surface area (Å²) in [5.41, 5.74) is 5.70. The Labute approximate surface area is 187 Å². The van der Waals surface area contributed by atoms with Crippen LogP contribution in [-0.4, -0.2) is 31.5 Å². The van der Waals surface area contributed by atoms with Crippen LogP contribution in [0.5, 0.6) is 0 Å².